The normalized spacial score (nSPS) is 11.3. The lowest BCUT2D eigenvalue weighted by molar-refractivity contribution is 0.102. The third-order valence-electron chi connectivity index (χ3n) is 4.93. The molecule has 0 fully saturated rings. The van der Waals surface area contributed by atoms with E-state index in [0.29, 0.717) is 22.1 Å². The molecule has 0 aliphatic carbocycles. The summed E-state index contributed by atoms with van der Waals surface area (Å²) < 4.78 is 33.7. The number of methoxy groups -OCH3 is 1. The minimum atomic E-state index is -3.76. The van der Waals surface area contributed by atoms with Crippen LogP contribution in [0.3, 0.4) is 0 Å². The lowest BCUT2D eigenvalue weighted by Gasteiger charge is -2.09. The molecule has 1 amide bonds. The molecule has 0 unspecified atom stereocenters. The van der Waals surface area contributed by atoms with Crippen LogP contribution >= 0.6 is 11.3 Å². The number of hydrogen-bond acceptors (Lipinski definition) is 6. The molecule has 1 aromatic heterocycles. The van der Waals surface area contributed by atoms with Gasteiger partial charge in [-0.05, 0) is 73.5 Å². The first kappa shape index (κ1) is 21.8. The Morgan fingerprint density at radius 2 is 1.59 bits per heavy atom. The zero-order valence-corrected chi connectivity index (χ0v) is 19.3. The molecule has 7 nitrogen and oxygen atoms in total. The number of carbonyl (C=O) groups excluding carboxylic acids is 1. The summed E-state index contributed by atoms with van der Waals surface area (Å²) in [4.78, 5) is 17.3. The zero-order valence-electron chi connectivity index (χ0n) is 17.7. The maximum absolute atomic E-state index is 12.6. The van der Waals surface area contributed by atoms with E-state index in [2.05, 4.69) is 15.0 Å². The predicted molar refractivity (Wildman–Crippen MR) is 127 cm³/mol. The van der Waals surface area contributed by atoms with E-state index in [1.54, 1.807) is 36.4 Å². The van der Waals surface area contributed by atoms with E-state index in [4.69, 9.17) is 4.74 Å². The maximum atomic E-state index is 12.6. The van der Waals surface area contributed by atoms with Crippen molar-refractivity contribution in [3.8, 4) is 5.75 Å². The molecule has 4 aromatic rings. The molecule has 0 saturated carbocycles. The molecule has 2 N–H and O–H groups in total. The summed E-state index contributed by atoms with van der Waals surface area (Å²) in [5.41, 5.74) is 3.79. The van der Waals surface area contributed by atoms with Crippen LogP contribution in [0, 0.1) is 13.8 Å². The number of aromatic nitrogens is 1. The molecular weight excluding hydrogens is 446 g/mol. The van der Waals surface area contributed by atoms with Crippen molar-refractivity contribution in [1.82, 2.24) is 4.98 Å². The number of anilines is 2. The number of hydrogen-bond donors (Lipinski definition) is 2. The molecule has 0 radical (unpaired) electrons. The van der Waals surface area contributed by atoms with Gasteiger partial charge in [0, 0.05) is 11.3 Å². The van der Waals surface area contributed by atoms with E-state index in [1.807, 2.05) is 26.0 Å². The summed E-state index contributed by atoms with van der Waals surface area (Å²) in [7, 11) is -2.25. The number of rotatable bonds is 6. The first-order valence-electron chi connectivity index (χ1n) is 9.72. The molecule has 9 heteroatoms. The quantitative estimate of drug-likeness (QED) is 0.417. The van der Waals surface area contributed by atoms with Crippen LogP contribution in [0.5, 0.6) is 5.75 Å². The van der Waals surface area contributed by atoms with Crippen LogP contribution in [-0.2, 0) is 10.0 Å². The smallest absolute Gasteiger partial charge is 0.261 e. The lowest BCUT2D eigenvalue weighted by Crippen LogP contribution is -2.14. The summed E-state index contributed by atoms with van der Waals surface area (Å²) >= 11 is 1.43. The van der Waals surface area contributed by atoms with Gasteiger partial charge in [-0.1, -0.05) is 23.5 Å². The number of sulfonamides is 1. The molecule has 3 aromatic carbocycles. The predicted octanol–water partition coefficient (Wildman–Crippen LogP) is 4.97. The van der Waals surface area contributed by atoms with E-state index >= 15 is 0 Å². The van der Waals surface area contributed by atoms with E-state index in [9.17, 15) is 13.2 Å². The number of aryl methyl sites for hydroxylation is 2. The first-order valence-corrected chi connectivity index (χ1v) is 12.0. The number of amides is 1. The fraction of sp³-hybridized carbons (Fsp3) is 0.130. The third-order valence-corrected chi connectivity index (χ3v) is 7.44. The van der Waals surface area contributed by atoms with Crippen LogP contribution in [0.15, 0.2) is 65.6 Å². The van der Waals surface area contributed by atoms with Crippen molar-refractivity contribution in [3.63, 3.8) is 0 Å². The van der Waals surface area contributed by atoms with Gasteiger partial charge < -0.3 is 4.74 Å². The first-order chi connectivity index (χ1) is 15.3. The Hall–Kier alpha value is -3.43. The maximum Gasteiger partial charge on any atom is 0.261 e. The minimum absolute atomic E-state index is 0.113. The average molecular weight is 468 g/mol. The van der Waals surface area contributed by atoms with E-state index in [-0.39, 0.29) is 10.8 Å². The Labute approximate surface area is 190 Å². The van der Waals surface area contributed by atoms with Gasteiger partial charge >= 0.3 is 0 Å². The second-order valence-corrected chi connectivity index (χ2v) is 9.89. The number of fused-ring (bicyclic) bond motifs is 1. The van der Waals surface area contributed by atoms with Crippen LogP contribution in [0.4, 0.5) is 10.8 Å². The Morgan fingerprint density at radius 1 is 0.938 bits per heavy atom. The van der Waals surface area contributed by atoms with E-state index in [1.165, 1.54) is 30.6 Å². The van der Waals surface area contributed by atoms with Crippen molar-refractivity contribution < 1.29 is 17.9 Å². The fourth-order valence-electron chi connectivity index (χ4n) is 3.14. The second kappa shape index (κ2) is 8.60. The van der Waals surface area contributed by atoms with Crippen molar-refractivity contribution in [2.24, 2.45) is 0 Å². The molecule has 0 spiro atoms. The standard InChI is InChI=1S/C23H21N3O4S2/c1-14-4-5-15(2)21-20(14)24-23(31-21)25-22(27)16-6-8-17(9-7-16)26-32(28,29)19-12-10-18(30-3)11-13-19/h4-13,26H,1-3H3,(H,24,25,27). The van der Waals surface area contributed by atoms with Crippen LogP contribution in [-0.4, -0.2) is 26.4 Å². The highest BCUT2D eigenvalue weighted by atomic mass is 32.2. The molecule has 0 aliphatic rings. The largest absolute Gasteiger partial charge is 0.497 e. The summed E-state index contributed by atoms with van der Waals surface area (Å²) in [5.74, 6) is 0.252. The van der Waals surface area contributed by atoms with E-state index < -0.39 is 10.0 Å². The van der Waals surface area contributed by atoms with Gasteiger partial charge in [-0.2, -0.15) is 0 Å². The average Bonchev–Trinajstić information content (AvgIpc) is 3.21. The van der Waals surface area contributed by atoms with Crippen LogP contribution in [0.25, 0.3) is 10.2 Å². The highest BCUT2D eigenvalue weighted by Gasteiger charge is 2.16. The summed E-state index contributed by atoms with van der Waals surface area (Å²) in [5, 5.41) is 3.34. The molecule has 32 heavy (non-hydrogen) atoms. The van der Waals surface area contributed by atoms with Gasteiger partial charge in [0.2, 0.25) is 0 Å². The van der Waals surface area contributed by atoms with Gasteiger partial charge in [0.15, 0.2) is 5.13 Å². The van der Waals surface area contributed by atoms with Gasteiger partial charge in [0.05, 0.1) is 22.2 Å². The highest BCUT2D eigenvalue weighted by molar-refractivity contribution is 7.92. The van der Waals surface area contributed by atoms with Crippen LogP contribution < -0.4 is 14.8 Å². The topological polar surface area (TPSA) is 97.4 Å². The van der Waals surface area contributed by atoms with Gasteiger partial charge in [0.25, 0.3) is 15.9 Å². The molecule has 1 heterocycles. The minimum Gasteiger partial charge on any atom is -0.497 e. The molecule has 0 atom stereocenters. The second-order valence-electron chi connectivity index (χ2n) is 7.21. The van der Waals surface area contributed by atoms with Crippen molar-refractivity contribution in [3.05, 3.63) is 77.4 Å². The number of ether oxygens (including phenoxy) is 1. The summed E-state index contributed by atoms with van der Waals surface area (Å²) in [6, 6.07) is 16.3. The van der Waals surface area contributed by atoms with Gasteiger partial charge in [-0.3, -0.25) is 14.8 Å². The SMILES string of the molecule is COc1ccc(S(=O)(=O)Nc2ccc(C(=O)Nc3nc4c(C)ccc(C)c4s3)cc2)cc1. The van der Waals surface area contributed by atoms with Crippen molar-refractivity contribution in [2.45, 2.75) is 18.7 Å². The zero-order chi connectivity index (χ0) is 22.9. The Bertz CT molecular complexity index is 1350. The molecule has 0 aliphatic heterocycles. The Morgan fingerprint density at radius 3 is 2.22 bits per heavy atom. The lowest BCUT2D eigenvalue weighted by atomic mass is 10.1. The number of nitrogens with one attached hydrogen (secondary N) is 2. The van der Waals surface area contributed by atoms with Gasteiger partial charge in [-0.25, -0.2) is 13.4 Å². The molecule has 4 rings (SSSR count). The molecule has 0 saturated heterocycles. The highest BCUT2D eigenvalue weighted by Crippen LogP contribution is 2.31. The third kappa shape index (κ3) is 4.44. The number of thiazole rings is 1. The van der Waals surface area contributed by atoms with Gasteiger partial charge in [-0.15, -0.1) is 0 Å². The Kier molecular flexibility index (Phi) is 5.86. The number of nitrogens with zero attached hydrogens (tertiary/aromatic N) is 1. The van der Waals surface area contributed by atoms with Gasteiger partial charge in [0.1, 0.15) is 5.75 Å². The summed E-state index contributed by atoms with van der Waals surface area (Å²) in [6.45, 7) is 4.00. The van der Waals surface area contributed by atoms with Crippen molar-refractivity contribution >= 4 is 48.3 Å². The molecule has 164 valence electrons. The fourth-order valence-corrected chi connectivity index (χ4v) is 5.21. The van der Waals surface area contributed by atoms with Crippen molar-refractivity contribution in [1.29, 1.82) is 0 Å². The number of carbonyl (C=O) groups is 1. The monoisotopic (exact) mass is 467 g/mol. The molecule has 0 bridgehead atoms. The number of benzene rings is 3. The summed E-state index contributed by atoms with van der Waals surface area (Å²) in [6.07, 6.45) is 0. The molecular formula is C23H21N3O4S2. The van der Waals surface area contributed by atoms with E-state index in [0.717, 1.165) is 21.3 Å². The Balaban J connectivity index is 1.47. The van der Waals surface area contributed by atoms with Crippen LogP contribution in [0.2, 0.25) is 0 Å². The van der Waals surface area contributed by atoms with Crippen LogP contribution in [0.1, 0.15) is 21.5 Å². The van der Waals surface area contributed by atoms with Crippen molar-refractivity contribution in [2.75, 3.05) is 17.1 Å².